The zero-order valence-electron chi connectivity index (χ0n) is 17.6. The largest absolute Gasteiger partial charge is 0.507 e. The molecule has 0 radical (unpaired) electrons. The number of hydrogen-bond acceptors (Lipinski definition) is 6. The summed E-state index contributed by atoms with van der Waals surface area (Å²) in [5, 5.41) is 17.9. The Labute approximate surface area is 184 Å². The highest BCUT2D eigenvalue weighted by atomic mass is 19.1. The number of nitrogens with zero attached hydrogens (tertiary/aromatic N) is 5. The van der Waals surface area contributed by atoms with Crippen molar-refractivity contribution in [3.05, 3.63) is 42.7 Å². The quantitative estimate of drug-likeness (QED) is 0.638. The zero-order chi connectivity index (χ0) is 22.0. The fourth-order valence-corrected chi connectivity index (χ4v) is 5.25. The van der Waals surface area contributed by atoms with Crippen LogP contribution in [0.4, 0.5) is 14.6 Å². The molecule has 0 amide bonds. The van der Waals surface area contributed by atoms with Crippen molar-refractivity contribution in [1.82, 2.24) is 25.1 Å². The molecule has 2 N–H and O–H groups in total. The number of alkyl halides is 1. The summed E-state index contributed by atoms with van der Waals surface area (Å²) in [5.41, 5.74) is 1.47. The van der Waals surface area contributed by atoms with Crippen LogP contribution in [0.3, 0.4) is 0 Å². The van der Waals surface area contributed by atoms with Gasteiger partial charge in [-0.2, -0.15) is 5.10 Å². The van der Waals surface area contributed by atoms with E-state index in [0.717, 1.165) is 25.8 Å². The molecule has 0 unspecified atom stereocenters. The van der Waals surface area contributed by atoms with E-state index in [1.54, 1.807) is 30.3 Å². The molecule has 3 fully saturated rings. The van der Waals surface area contributed by atoms with E-state index in [4.69, 9.17) is 0 Å². The van der Waals surface area contributed by atoms with Crippen molar-refractivity contribution in [2.45, 2.75) is 43.6 Å². The first-order chi connectivity index (χ1) is 15.5. The number of aryl methyl sites for hydroxylation is 1. The topological polar surface area (TPSA) is 79.1 Å². The SMILES string of the molecule is Cn1cc(-c2cc(O)c(-c3cnc(N(C4CC4)[C@H]4[C@@H]5CN[C@@H](C5)[C@@H]4F)cn3)cc2F)cn1. The molecule has 2 aromatic heterocycles. The second-order valence-electron chi connectivity index (χ2n) is 9.10. The molecule has 3 aromatic rings. The zero-order valence-corrected chi connectivity index (χ0v) is 17.6. The minimum absolute atomic E-state index is 0.0725. The highest BCUT2D eigenvalue weighted by Crippen LogP contribution is 2.43. The highest BCUT2D eigenvalue weighted by molar-refractivity contribution is 5.74. The molecule has 32 heavy (non-hydrogen) atoms. The van der Waals surface area contributed by atoms with Crippen LogP contribution in [0.2, 0.25) is 0 Å². The summed E-state index contributed by atoms with van der Waals surface area (Å²) >= 11 is 0. The van der Waals surface area contributed by atoms with E-state index in [0.29, 0.717) is 23.1 Å². The van der Waals surface area contributed by atoms with Crippen LogP contribution < -0.4 is 10.2 Å². The van der Waals surface area contributed by atoms with E-state index in [1.165, 1.54) is 18.3 Å². The molecule has 4 atom stereocenters. The number of anilines is 1. The van der Waals surface area contributed by atoms with Crippen molar-refractivity contribution in [2.24, 2.45) is 13.0 Å². The van der Waals surface area contributed by atoms with Gasteiger partial charge in [-0.25, -0.2) is 13.8 Å². The third kappa shape index (κ3) is 3.14. The Hall–Kier alpha value is -3.07. The first kappa shape index (κ1) is 19.6. The Balaban J connectivity index is 1.30. The number of aromatic nitrogens is 4. The monoisotopic (exact) mass is 438 g/mol. The molecule has 0 spiro atoms. The predicted octanol–water partition coefficient (Wildman–Crippen LogP) is 3.06. The lowest BCUT2D eigenvalue weighted by atomic mass is 10.00. The van der Waals surface area contributed by atoms with Crippen molar-refractivity contribution >= 4 is 5.82 Å². The van der Waals surface area contributed by atoms with Crippen LogP contribution in [0, 0.1) is 11.7 Å². The number of benzene rings is 1. The standard InChI is InChI=1S/C23H24F2N6O/c1-30-11-13(8-29-30)15-6-20(32)16(5-17(15)24)19-9-28-21(10-27-19)31(14-2-3-14)23-12-4-18(22(23)25)26-7-12/h5-6,8-12,14,18,22-23,26,32H,2-4,7H2,1H3/t12-,18-,22-,23-/m0/s1. The molecule has 1 aromatic carbocycles. The Bertz CT molecular complexity index is 1160. The van der Waals surface area contributed by atoms with Crippen LogP contribution in [0.5, 0.6) is 5.75 Å². The van der Waals surface area contributed by atoms with Gasteiger partial charge in [0.1, 0.15) is 23.6 Å². The molecule has 2 saturated carbocycles. The molecular formula is C23H24F2N6O. The van der Waals surface area contributed by atoms with Crippen LogP contribution in [-0.4, -0.2) is 55.7 Å². The first-order valence-corrected chi connectivity index (χ1v) is 11.0. The Morgan fingerprint density at radius 2 is 2.00 bits per heavy atom. The second-order valence-corrected chi connectivity index (χ2v) is 9.10. The lowest BCUT2D eigenvalue weighted by Crippen LogP contribution is -2.53. The summed E-state index contributed by atoms with van der Waals surface area (Å²) in [5.74, 6) is 0.346. The van der Waals surface area contributed by atoms with E-state index in [9.17, 15) is 13.9 Å². The summed E-state index contributed by atoms with van der Waals surface area (Å²) in [6.45, 7) is 0.834. The van der Waals surface area contributed by atoms with Crippen LogP contribution >= 0.6 is 0 Å². The van der Waals surface area contributed by atoms with Crippen LogP contribution in [0.1, 0.15) is 19.3 Å². The molecule has 7 nitrogen and oxygen atoms in total. The summed E-state index contributed by atoms with van der Waals surface area (Å²) < 4.78 is 31.4. The molecule has 1 saturated heterocycles. The van der Waals surface area contributed by atoms with Gasteiger partial charge >= 0.3 is 0 Å². The third-order valence-corrected chi connectivity index (χ3v) is 6.93. The Morgan fingerprint density at radius 1 is 1.16 bits per heavy atom. The van der Waals surface area contributed by atoms with E-state index in [2.05, 4.69) is 25.3 Å². The van der Waals surface area contributed by atoms with Gasteiger partial charge in [0.2, 0.25) is 0 Å². The first-order valence-electron chi connectivity index (χ1n) is 11.0. The Kier molecular flexibility index (Phi) is 4.43. The van der Waals surface area contributed by atoms with Gasteiger partial charge in [0.05, 0.1) is 30.3 Å². The average molecular weight is 438 g/mol. The minimum atomic E-state index is -0.922. The van der Waals surface area contributed by atoms with Crippen molar-refractivity contribution in [3.8, 4) is 28.1 Å². The summed E-state index contributed by atoms with van der Waals surface area (Å²) in [6, 6.07) is 2.68. The summed E-state index contributed by atoms with van der Waals surface area (Å²) in [7, 11) is 1.75. The lowest BCUT2D eigenvalue weighted by Gasteiger charge is -2.37. The normalized spacial score (nSPS) is 26.6. The maximum absolute atomic E-state index is 15.0. The van der Waals surface area contributed by atoms with Gasteiger partial charge in [0.15, 0.2) is 0 Å². The number of phenolic OH excluding ortho intramolecular Hbond substituents is 1. The molecule has 2 aliphatic carbocycles. The fraction of sp³-hybridized carbons (Fsp3) is 0.435. The van der Waals surface area contributed by atoms with E-state index >= 15 is 0 Å². The minimum Gasteiger partial charge on any atom is -0.507 e. The molecule has 6 rings (SSSR count). The van der Waals surface area contributed by atoms with Crippen molar-refractivity contribution in [2.75, 3.05) is 11.4 Å². The molecular weight excluding hydrogens is 414 g/mol. The van der Waals surface area contributed by atoms with Gasteiger partial charge in [-0.3, -0.25) is 9.67 Å². The third-order valence-electron chi connectivity index (χ3n) is 6.93. The fourth-order valence-electron chi connectivity index (χ4n) is 5.25. The number of hydrogen-bond donors (Lipinski definition) is 2. The Morgan fingerprint density at radius 3 is 2.62 bits per heavy atom. The van der Waals surface area contributed by atoms with Crippen LogP contribution in [0.25, 0.3) is 22.4 Å². The van der Waals surface area contributed by atoms with E-state index < -0.39 is 12.0 Å². The number of fused-ring (bicyclic) bond motifs is 2. The number of nitrogens with one attached hydrogen (secondary N) is 1. The van der Waals surface area contributed by atoms with Gasteiger partial charge in [-0.15, -0.1) is 0 Å². The summed E-state index contributed by atoms with van der Waals surface area (Å²) in [6.07, 6.45) is 8.36. The number of phenols is 1. The number of halogens is 2. The van der Waals surface area contributed by atoms with Gasteiger partial charge in [0, 0.05) is 48.6 Å². The molecule has 2 bridgehead atoms. The van der Waals surface area contributed by atoms with Gasteiger partial charge in [-0.1, -0.05) is 0 Å². The molecule has 9 heteroatoms. The molecule has 1 aliphatic heterocycles. The van der Waals surface area contributed by atoms with E-state index in [-0.39, 0.29) is 34.9 Å². The number of piperidine rings is 1. The predicted molar refractivity (Wildman–Crippen MR) is 115 cm³/mol. The highest BCUT2D eigenvalue weighted by Gasteiger charge is 2.53. The van der Waals surface area contributed by atoms with Crippen molar-refractivity contribution < 1.29 is 13.9 Å². The van der Waals surface area contributed by atoms with Gasteiger partial charge in [-0.05, 0) is 37.3 Å². The maximum Gasteiger partial charge on any atom is 0.147 e. The van der Waals surface area contributed by atoms with Crippen LogP contribution in [0.15, 0.2) is 36.9 Å². The second kappa shape index (κ2) is 7.23. The molecule has 166 valence electrons. The maximum atomic E-state index is 15.0. The number of aromatic hydroxyl groups is 1. The van der Waals surface area contributed by atoms with Gasteiger partial charge in [0.25, 0.3) is 0 Å². The van der Waals surface area contributed by atoms with Gasteiger partial charge < -0.3 is 15.3 Å². The molecule has 3 aliphatic rings. The van der Waals surface area contributed by atoms with E-state index in [1.807, 2.05) is 0 Å². The number of rotatable bonds is 5. The smallest absolute Gasteiger partial charge is 0.147 e. The van der Waals surface area contributed by atoms with Crippen LogP contribution in [-0.2, 0) is 7.05 Å². The molecule has 3 heterocycles. The summed E-state index contributed by atoms with van der Waals surface area (Å²) in [4.78, 5) is 11.1. The lowest BCUT2D eigenvalue weighted by molar-refractivity contribution is 0.214. The van der Waals surface area contributed by atoms with Crippen molar-refractivity contribution in [3.63, 3.8) is 0 Å². The average Bonchev–Trinajstić information content (AvgIpc) is 3.20. The van der Waals surface area contributed by atoms with Crippen molar-refractivity contribution in [1.29, 1.82) is 0 Å².